The van der Waals surface area contributed by atoms with E-state index >= 15 is 0 Å². The molecule has 0 unspecified atom stereocenters. The van der Waals surface area contributed by atoms with Gasteiger partial charge in [0.25, 0.3) is 0 Å². The monoisotopic (exact) mass is 394 g/mol. The third-order valence-electron chi connectivity index (χ3n) is 3.96. The van der Waals surface area contributed by atoms with Gasteiger partial charge in [0.1, 0.15) is 0 Å². The van der Waals surface area contributed by atoms with E-state index in [9.17, 15) is 14.4 Å². The van der Waals surface area contributed by atoms with E-state index < -0.39 is 5.41 Å². The first-order chi connectivity index (χ1) is 12.3. The van der Waals surface area contributed by atoms with Crippen molar-refractivity contribution in [2.45, 2.75) is 51.4 Å². The summed E-state index contributed by atoms with van der Waals surface area (Å²) in [6, 6.07) is 3.86. The summed E-state index contributed by atoms with van der Waals surface area (Å²) >= 11 is 2.66. The molecule has 7 nitrogen and oxygen atoms in total. The van der Waals surface area contributed by atoms with Crippen LogP contribution in [0.25, 0.3) is 0 Å². The molecule has 0 aliphatic heterocycles. The lowest BCUT2D eigenvalue weighted by Crippen LogP contribution is -2.34. The molecule has 2 N–H and O–H groups in total. The van der Waals surface area contributed by atoms with Crippen LogP contribution < -0.4 is 11.0 Å². The van der Waals surface area contributed by atoms with Gasteiger partial charge in [-0.25, -0.2) is 9.89 Å². The van der Waals surface area contributed by atoms with Gasteiger partial charge in [0.2, 0.25) is 5.91 Å². The van der Waals surface area contributed by atoms with Crippen molar-refractivity contribution in [3.63, 3.8) is 0 Å². The fraction of sp³-hybridized carbons (Fsp3) is 0.529. The smallest absolute Gasteiger partial charge is 0.344 e. The summed E-state index contributed by atoms with van der Waals surface area (Å²) in [4.78, 5) is 37.7. The van der Waals surface area contributed by atoms with Crippen molar-refractivity contribution in [3.8, 4) is 0 Å². The summed E-state index contributed by atoms with van der Waals surface area (Å²) in [6.07, 6.45) is 1.96. The lowest BCUT2D eigenvalue weighted by molar-refractivity contribution is -0.128. The van der Waals surface area contributed by atoms with Crippen LogP contribution in [-0.2, 0) is 11.3 Å². The zero-order chi connectivity index (χ0) is 18.9. The first-order valence-electron chi connectivity index (χ1n) is 8.45. The molecule has 2 aromatic rings. The van der Waals surface area contributed by atoms with E-state index in [4.69, 9.17) is 0 Å². The molecule has 3 rings (SSSR count). The lowest BCUT2D eigenvalue weighted by atomic mass is 9.96. The first kappa shape index (κ1) is 18.9. The SMILES string of the molecule is CC(C)(C)C(=O)NCc1ccc(C(=O)CSc2n[nH]c(=O)n2C2CC2)s1. The zero-order valence-electron chi connectivity index (χ0n) is 15.0. The van der Waals surface area contributed by atoms with Gasteiger partial charge in [-0.3, -0.25) is 14.2 Å². The third kappa shape index (κ3) is 4.45. The maximum atomic E-state index is 12.4. The van der Waals surface area contributed by atoms with Crippen LogP contribution in [0.5, 0.6) is 0 Å². The molecular weight excluding hydrogens is 372 g/mol. The Morgan fingerprint density at radius 3 is 2.77 bits per heavy atom. The van der Waals surface area contributed by atoms with Gasteiger partial charge in [-0.15, -0.1) is 16.4 Å². The molecule has 140 valence electrons. The molecule has 9 heteroatoms. The summed E-state index contributed by atoms with van der Waals surface area (Å²) in [5.41, 5.74) is -0.650. The summed E-state index contributed by atoms with van der Waals surface area (Å²) < 4.78 is 1.64. The van der Waals surface area contributed by atoms with Crippen molar-refractivity contribution < 1.29 is 9.59 Å². The summed E-state index contributed by atoms with van der Waals surface area (Å²) in [5.74, 6) is 0.197. The van der Waals surface area contributed by atoms with Crippen LogP contribution in [0.15, 0.2) is 22.1 Å². The number of rotatable bonds is 7. The molecule has 0 spiro atoms. The van der Waals surface area contributed by atoms with Crippen molar-refractivity contribution in [2.24, 2.45) is 5.41 Å². The molecule has 1 fully saturated rings. The second-order valence-electron chi connectivity index (χ2n) is 7.32. The van der Waals surface area contributed by atoms with E-state index in [1.807, 2.05) is 26.8 Å². The van der Waals surface area contributed by atoms with Gasteiger partial charge < -0.3 is 5.32 Å². The van der Waals surface area contributed by atoms with Gasteiger partial charge in [-0.05, 0) is 25.0 Å². The fourth-order valence-electron chi connectivity index (χ4n) is 2.30. The number of nitrogens with zero attached hydrogens (tertiary/aromatic N) is 2. The molecular formula is C17H22N4O3S2. The normalized spacial score (nSPS) is 14.4. The molecule has 2 heterocycles. The largest absolute Gasteiger partial charge is 0.351 e. The van der Waals surface area contributed by atoms with Gasteiger partial charge in [-0.1, -0.05) is 32.5 Å². The molecule has 0 bridgehead atoms. The zero-order valence-corrected chi connectivity index (χ0v) is 16.6. The second kappa shape index (κ2) is 7.40. The average Bonchev–Trinajstić information content (AvgIpc) is 3.17. The quantitative estimate of drug-likeness (QED) is 0.556. The van der Waals surface area contributed by atoms with Crippen LogP contribution in [0, 0.1) is 5.41 Å². The Morgan fingerprint density at radius 1 is 1.38 bits per heavy atom. The van der Waals surface area contributed by atoms with Crippen LogP contribution in [0.1, 0.15) is 54.2 Å². The maximum Gasteiger partial charge on any atom is 0.344 e. The first-order valence-corrected chi connectivity index (χ1v) is 10.3. The van der Waals surface area contributed by atoms with E-state index in [1.54, 1.807) is 10.6 Å². The number of hydrogen-bond acceptors (Lipinski definition) is 6. The van der Waals surface area contributed by atoms with Crippen LogP contribution in [0.3, 0.4) is 0 Å². The Kier molecular flexibility index (Phi) is 5.38. The van der Waals surface area contributed by atoms with E-state index in [-0.39, 0.29) is 29.2 Å². The highest BCUT2D eigenvalue weighted by Crippen LogP contribution is 2.36. The molecule has 1 saturated carbocycles. The number of ketones is 1. The number of aromatic nitrogens is 3. The minimum atomic E-state index is -0.437. The molecule has 1 amide bonds. The number of thiophene rings is 1. The fourth-order valence-corrected chi connectivity index (χ4v) is 4.18. The van der Waals surface area contributed by atoms with Crippen molar-refractivity contribution in [2.75, 3.05) is 5.75 Å². The lowest BCUT2D eigenvalue weighted by Gasteiger charge is -2.17. The van der Waals surface area contributed by atoms with E-state index in [2.05, 4.69) is 15.5 Å². The van der Waals surface area contributed by atoms with Crippen LogP contribution >= 0.6 is 23.1 Å². The highest BCUT2D eigenvalue weighted by atomic mass is 32.2. The Labute approximate surface area is 159 Å². The predicted octanol–water partition coefficient (Wildman–Crippen LogP) is 2.61. The average molecular weight is 395 g/mol. The molecule has 0 radical (unpaired) electrons. The third-order valence-corrected chi connectivity index (χ3v) is 6.04. The number of hydrogen-bond donors (Lipinski definition) is 2. The molecule has 2 aromatic heterocycles. The minimum Gasteiger partial charge on any atom is -0.351 e. The van der Waals surface area contributed by atoms with Gasteiger partial charge in [-0.2, -0.15) is 0 Å². The van der Waals surface area contributed by atoms with Crippen LogP contribution in [-0.4, -0.2) is 32.2 Å². The predicted molar refractivity (Wildman–Crippen MR) is 102 cm³/mol. The standard InChI is InChI=1S/C17H22N4O3S2/c1-17(2,3)14(23)18-8-11-6-7-13(26-11)12(22)9-25-16-20-19-15(24)21(16)10-4-5-10/h6-7,10H,4-5,8-9H2,1-3H3,(H,18,23)(H,19,24). The van der Waals surface area contributed by atoms with Gasteiger partial charge >= 0.3 is 5.69 Å². The van der Waals surface area contributed by atoms with Crippen molar-refractivity contribution in [1.82, 2.24) is 20.1 Å². The van der Waals surface area contributed by atoms with Gasteiger partial charge in [0.15, 0.2) is 10.9 Å². The molecule has 0 atom stereocenters. The Morgan fingerprint density at radius 2 is 2.12 bits per heavy atom. The van der Waals surface area contributed by atoms with Crippen LogP contribution in [0.2, 0.25) is 0 Å². The molecule has 0 aromatic carbocycles. The highest BCUT2D eigenvalue weighted by Gasteiger charge is 2.29. The van der Waals surface area contributed by atoms with E-state index in [0.29, 0.717) is 16.6 Å². The number of thioether (sulfide) groups is 1. The summed E-state index contributed by atoms with van der Waals surface area (Å²) in [5, 5.41) is 9.92. The molecule has 26 heavy (non-hydrogen) atoms. The topological polar surface area (TPSA) is 96.8 Å². The van der Waals surface area contributed by atoms with Gasteiger partial charge in [0.05, 0.1) is 17.2 Å². The molecule has 0 saturated heterocycles. The Balaban J connectivity index is 1.55. The number of amides is 1. The van der Waals surface area contributed by atoms with Crippen molar-refractivity contribution in [3.05, 3.63) is 32.4 Å². The van der Waals surface area contributed by atoms with Crippen molar-refractivity contribution >= 4 is 34.8 Å². The minimum absolute atomic E-state index is 0.00815. The number of Topliss-reactive ketones (excluding diaryl/α,β-unsaturated/α-hetero) is 1. The van der Waals surface area contributed by atoms with E-state index in [0.717, 1.165) is 17.7 Å². The molecule has 1 aliphatic rings. The second-order valence-corrected chi connectivity index (χ2v) is 9.43. The summed E-state index contributed by atoms with van der Waals surface area (Å²) in [6.45, 7) is 6.00. The Bertz CT molecular complexity index is 871. The number of nitrogens with one attached hydrogen (secondary N) is 2. The van der Waals surface area contributed by atoms with Crippen LogP contribution in [0.4, 0.5) is 0 Å². The number of carbonyl (C=O) groups is 2. The number of carbonyl (C=O) groups excluding carboxylic acids is 2. The number of aromatic amines is 1. The highest BCUT2D eigenvalue weighted by molar-refractivity contribution is 7.99. The molecule has 1 aliphatic carbocycles. The van der Waals surface area contributed by atoms with Gasteiger partial charge in [0, 0.05) is 16.3 Å². The number of H-pyrrole nitrogens is 1. The Hall–Kier alpha value is -1.87. The summed E-state index contributed by atoms with van der Waals surface area (Å²) in [7, 11) is 0. The maximum absolute atomic E-state index is 12.4. The van der Waals surface area contributed by atoms with Crippen molar-refractivity contribution in [1.29, 1.82) is 0 Å². The van der Waals surface area contributed by atoms with E-state index in [1.165, 1.54) is 23.1 Å².